The van der Waals surface area contributed by atoms with Crippen LogP contribution in [-0.4, -0.2) is 41.8 Å². The van der Waals surface area contributed by atoms with Gasteiger partial charge in [-0.15, -0.1) is 0 Å². The van der Waals surface area contributed by atoms with Crippen LogP contribution >= 0.6 is 0 Å². The second kappa shape index (κ2) is 5.72. The van der Waals surface area contributed by atoms with E-state index in [4.69, 9.17) is 5.11 Å². The molecule has 0 bridgehead atoms. The maximum atomic E-state index is 9.58. The van der Waals surface area contributed by atoms with Crippen molar-refractivity contribution >= 4 is 0 Å². The van der Waals surface area contributed by atoms with Crippen molar-refractivity contribution in [3.8, 4) is 11.5 Å². The number of phenolic OH excluding ortho intramolecular Hbond substituents is 2. The molecule has 1 aromatic rings. The number of nitrogens with one attached hydrogen (secondary N) is 1. The highest BCUT2D eigenvalue weighted by molar-refractivity contribution is 5.38. The molecule has 1 unspecified atom stereocenters. The van der Waals surface area contributed by atoms with Crippen LogP contribution in [0.1, 0.15) is 12.5 Å². The van der Waals surface area contributed by atoms with Gasteiger partial charge in [-0.3, -0.25) is 0 Å². The van der Waals surface area contributed by atoms with Gasteiger partial charge < -0.3 is 20.4 Å². The van der Waals surface area contributed by atoms with E-state index < -0.39 is 0 Å². The predicted octanol–water partition coefficient (Wildman–Crippen LogP) is 1.14. The fraction of sp³-hybridized carbons (Fsp3) is 0.500. The van der Waals surface area contributed by atoms with Gasteiger partial charge in [0.2, 0.25) is 0 Å². The lowest BCUT2D eigenvalue weighted by Gasteiger charge is -2.18. The van der Waals surface area contributed by atoms with Gasteiger partial charge in [-0.1, -0.05) is 6.07 Å². The summed E-state index contributed by atoms with van der Waals surface area (Å²) in [6.45, 7) is 3.64. The molecule has 16 heavy (non-hydrogen) atoms. The van der Waals surface area contributed by atoms with E-state index in [9.17, 15) is 5.11 Å². The SMILES string of the molecule is CC(CN(C)C)NCc1ccc(O)cc1O. The van der Waals surface area contributed by atoms with E-state index in [1.54, 1.807) is 12.1 Å². The fourth-order valence-corrected chi connectivity index (χ4v) is 1.60. The normalized spacial score (nSPS) is 13.0. The van der Waals surface area contributed by atoms with Gasteiger partial charge in [0.15, 0.2) is 0 Å². The van der Waals surface area contributed by atoms with Crippen LogP contribution in [0.25, 0.3) is 0 Å². The highest BCUT2D eigenvalue weighted by Crippen LogP contribution is 2.22. The number of likely N-dealkylation sites (N-methyl/N-ethyl adjacent to an activating group) is 1. The molecule has 0 spiro atoms. The molecule has 1 rings (SSSR count). The van der Waals surface area contributed by atoms with Gasteiger partial charge >= 0.3 is 0 Å². The number of nitrogens with zero attached hydrogens (tertiary/aromatic N) is 1. The summed E-state index contributed by atoms with van der Waals surface area (Å²) in [4.78, 5) is 2.11. The molecule has 0 saturated heterocycles. The molecular formula is C12H20N2O2. The number of benzene rings is 1. The molecule has 0 amide bonds. The second-order valence-electron chi connectivity index (χ2n) is 4.36. The summed E-state index contributed by atoms with van der Waals surface area (Å²) in [5.41, 5.74) is 0.795. The Hall–Kier alpha value is -1.26. The summed E-state index contributed by atoms with van der Waals surface area (Å²) >= 11 is 0. The van der Waals surface area contributed by atoms with Gasteiger partial charge in [-0.05, 0) is 27.1 Å². The van der Waals surface area contributed by atoms with Gasteiger partial charge in [-0.25, -0.2) is 0 Å². The van der Waals surface area contributed by atoms with Gasteiger partial charge in [0.1, 0.15) is 11.5 Å². The molecule has 3 N–H and O–H groups in total. The maximum Gasteiger partial charge on any atom is 0.123 e. The van der Waals surface area contributed by atoms with Crippen LogP contribution < -0.4 is 5.32 Å². The Balaban J connectivity index is 2.48. The van der Waals surface area contributed by atoms with Crippen molar-refractivity contribution in [3.63, 3.8) is 0 Å². The lowest BCUT2D eigenvalue weighted by Crippen LogP contribution is -2.35. The molecule has 0 aliphatic rings. The third-order valence-corrected chi connectivity index (χ3v) is 2.35. The van der Waals surface area contributed by atoms with Gasteiger partial charge in [-0.2, -0.15) is 0 Å². The maximum absolute atomic E-state index is 9.58. The first-order chi connectivity index (χ1) is 7.49. The Kier molecular flexibility index (Phi) is 4.58. The summed E-state index contributed by atoms with van der Waals surface area (Å²) < 4.78 is 0. The van der Waals surface area contributed by atoms with Crippen molar-refractivity contribution in [2.75, 3.05) is 20.6 Å². The van der Waals surface area contributed by atoms with Crippen LogP contribution in [0, 0.1) is 0 Å². The zero-order chi connectivity index (χ0) is 12.1. The summed E-state index contributed by atoms with van der Waals surface area (Å²) in [5.74, 6) is 0.215. The zero-order valence-corrected chi connectivity index (χ0v) is 10.1. The summed E-state index contributed by atoms with van der Waals surface area (Å²) in [6.07, 6.45) is 0. The summed E-state index contributed by atoms with van der Waals surface area (Å²) in [6, 6.07) is 5.00. The third-order valence-electron chi connectivity index (χ3n) is 2.35. The van der Waals surface area contributed by atoms with Crippen molar-refractivity contribution in [1.82, 2.24) is 10.2 Å². The van der Waals surface area contributed by atoms with Crippen LogP contribution in [0.3, 0.4) is 0 Å². The molecule has 0 heterocycles. The summed E-state index contributed by atoms with van der Waals surface area (Å²) in [5, 5.41) is 22.0. The minimum Gasteiger partial charge on any atom is -0.508 e. The average molecular weight is 224 g/mol. The van der Waals surface area contributed by atoms with E-state index in [0.717, 1.165) is 12.1 Å². The monoisotopic (exact) mass is 224 g/mol. The molecule has 0 saturated carbocycles. The standard InChI is InChI=1S/C12H20N2O2/c1-9(8-14(2)3)13-7-10-4-5-11(15)6-12(10)16/h4-6,9,13,15-16H,7-8H2,1-3H3. The zero-order valence-electron chi connectivity index (χ0n) is 10.1. The topological polar surface area (TPSA) is 55.7 Å². The summed E-state index contributed by atoms with van der Waals surface area (Å²) in [7, 11) is 4.05. The van der Waals surface area contributed by atoms with E-state index in [1.165, 1.54) is 6.07 Å². The van der Waals surface area contributed by atoms with Crippen molar-refractivity contribution in [2.24, 2.45) is 0 Å². The third kappa shape index (κ3) is 4.08. The largest absolute Gasteiger partial charge is 0.508 e. The minimum absolute atomic E-state index is 0.0857. The molecule has 0 fully saturated rings. The molecule has 1 atom stereocenters. The Morgan fingerprint density at radius 1 is 1.31 bits per heavy atom. The van der Waals surface area contributed by atoms with Crippen molar-refractivity contribution in [1.29, 1.82) is 0 Å². The second-order valence-corrected chi connectivity index (χ2v) is 4.36. The minimum atomic E-state index is 0.0857. The Bertz CT molecular complexity index is 340. The highest BCUT2D eigenvalue weighted by Gasteiger charge is 2.05. The first-order valence-electron chi connectivity index (χ1n) is 5.38. The lowest BCUT2D eigenvalue weighted by atomic mass is 10.2. The quantitative estimate of drug-likeness (QED) is 0.702. The van der Waals surface area contributed by atoms with Crippen LogP contribution in [0.2, 0.25) is 0 Å². The molecule has 0 aliphatic carbocycles. The molecule has 0 aliphatic heterocycles. The fourth-order valence-electron chi connectivity index (χ4n) is 1.60. The van der Waals surface area contributed by atoms with Gasteiger partial charge in [0.05, 0.1) is 0 Å². The molecule has 0 aromatic heterocycles. The van der Waals surface area contributed by atoms with E-state index in [0.29, 0.717) is 12.6 Å². The highest BCUT2D eigenvalue weighted by atomic mass is 16.3. The molecular weight excluding hydrogens is 204 g/mol. The molecule has 0 radical (unpaired) electrons. The smallest absolute Gasteiger partial charge is 0.123 e. The number of hydrogen-bond donors (Lipinski definition) is 3. The van der Waals surface area contributed by atoms with Crippen LogP contribution in [0.4, 0.5) is 0 Å². The Labute approximate surface area is 96.5 Å². The first kappa shape index (κ1) is 12.8. The lowest BCUT2D eigenvalue weighted by molar-refractivity contribution is 0.347. The van der Waals surface area contributed by atoms with E-state index >= 15 is 0 Å². The molecule has 4 heteroatoms. The molecule has 1 aromatic carbocycles. The van der Waals surface area contributed by atoms with Crippen LogP contribution in [-0.2, 0) is 6.54 Å². The number of hydrogen-bond acceptors (Lipinski definition) is 4. The van der Waals surface area contributed by atoms with Crippen molar-refractivity contribution in [3.05, 3.63) is 23.8 Å². The number of phenols is 2. The predicted molar refractivity (Wildman–Crippen MR) is 64.6 cm³/mol. The average Bonchev–Trinajstić information content (AvgIpc) is 2.15. The Morgan fingerprint density at radius 2 is 2.00 bits per heavy atom. The first-order valence-corrected chi connectivity index (χ1v) is 5.38. The Morgan fingerprint density at radius 3 is 2.56 bits per heavy atom. The molecule has 90 valence electrons. The van der Waals surface area contributed by atoms with Gasteiger partial charge in [0, 0.05) is 30.8 Å². The number of rotatable bonds is 5. The van der Waals surface area contributed by atoms with E-state index in [-0.39, 0.29) is 11.5 Å². The van der Waals surface area contributed by atoms with E-state index in [1.807, 2.05) is 14.1 Å². The van der Waals surface area contributed by atoms with Crippen molar-refractivity contribution < 1.29 is 10.2 Å². The van der Waals surface area contributed by atoms with Gasteiger partial charge in [0.25, 0.3) is 0 Å². The molecule has 4 nitrogen and oxygen atoms in total. The van der Waals surface area contributed by atoms with Crippen molar-refractivity contribution in [2.45, 2.75) is 19.5 Å². The number of aromatic hydroxyl groups is 2. The van der Waals surface area contributed by atoms with Crippen LogP contribution in [0.15, 0.2) is 18.2 Å². The van der Waals surface area contributed by atoms with E-state index in [2.05, 4.69) is 17.1 Å². The van der Waals surface area contributed by atoms with Crippen LogP contribution in [0.5, 0.6) is 11.5 Å².